The number of aromatic carboxylic acids is 1. The molecule has 2 unspecified atom stereocenters. The summed E-state index contributed by atoms with van der Waals surface area (Å²) >= 11 is 0. The minimum Gasteiger partial charge on any atom is -0.478 e. The van der Waals surface area contributed by atoms with Crippen LogP contribution in [-0.4, -0.2) is 17.3 Å². The van der Waals surface area contributed by atoms with Crippen LogP contribution in [0.2, 0.25) is 0 Å². The highest BCUT2D eigenvalue weighted by molar-refractivity contribution is 5.87. The highest BCUT2D eigenvalue weighted by Gasteiger charge is 2.54. The quantitative estimate of drug-likeness (QED) is 0.884. The summed E-state index contributed by atoms with van der Waals surface area (Å²) in [6.07, 6.45) is 1.20. The van der Waals surface area contributed by atoms with Crippen LogP contribution in [0, 0.1) is 5.41 Å². The molecule has 2 nitrogen and oxygen atoms in total. The number of carboxylic acid groups (broad SMARTS) is 1. The fourth-order valence-corrected chi connectivity index (χ4v) is 2.30. The molecule has 0 aliphatic heterocycles. The highest BCUT2D eigenvalue weighted by Crippen LogP contribution is 2.51. The average molecular weight is 282 g/mol. The lowest BCUT2D eigenvalue weighted by molar-refractivity contribution is -0.204. The molecule has 0 heterocycles. The van der Waals surface area contributed by atoms with Crippen LogP contribution in [0.5, 0.6) is 0 Å². The van der Waals surface area contributed by atoms with Crippen molar-refractivity contribution in [1.29, 1.82) is 0 Å². The Morgan fingerprint density at radius 1 is 1.20 bits per heavy atom. The van der Waals surface area contributed by atoms with E-state index in [2.05, 4.69) is 0 Å². The predicted octanol–water partition coefficient (Wildman–Crippen LogP) is 4.16. The molecular formula is C15H13F3O2. The third-order valence-electron chi connectivity index (χ3n) is 3.63. The van der Waals surface area contributed by atoms with Gasteiger partial charge in [-0.15, -0.1) is 0 Å². The zero-order valence-electron chi connectivity index (χ0n) is 10.7. The number of hydrogen-bond acceptors (Lipinski definition) is 1. The van der Waals surface area contributed by atoms with E-state index in [1.54, 1.807) is 6.08 Å². The lowest BCUT2D eigenvalue weighted by Crippen LogP contribution is -2.39. The molecule has 0 amide bonds. The van der Waals surface area contributed by atoms with Crippen LogP contribution < -0.4 is 0 Å². The van der Waals surface area contributed by atoms with Crippen molar-refractivity contribution < 1.29 is 23.1 Å². The van der Waals surface area contributed by atoms with Crippen molar-refractivity contribution >= 4 is 5.97 Å². The molecule has 0 spiro atoms. The second-order valence-corrected chi connectivity index (χ2v) is 4.93. The molecule has 0 radical (unpaired) electrons. The number of halogens is 3. The first-order valence-corrected chi connectivity index (χ1v) is 6.02. The summed E-state index contributed by atoms with van der Waals surface area (Å²) in [7, 11) is 0. The zero-order valence-corrected chi connectivity index (χ0v) is 10.7. The molecule has 0 fully saturated rings. The van der Waals surface area contributed by atoms with E-state index in [0.717, 1.165) is 13.0 Å². The van der Waals surface area contributed by atoms with Gasteiger partial charge in [0, 0.05) is 5.92 Å². The molecule has 20 heavy (non-hydrogen) atoms. The SMILES string of the molecule is CC1(C(F)(F)F)C=CC=CC1c1ccc(C(=O)O)cc1. The maximum atomic E-state index is 13.3. The van der Waals surface area contributed by atoms with Crippen LogP contribution in [0.3, 0.4) is 0 Å². The summed E-state index contributed by atoms with van der Waals surface area (Å²) in [6, 6.07) is 5.50. The van der Waals surface area contributed by atoms with Crippen LogP contribution in [0.4, 0.5) is 13.2 Å². The van der Waals surface area contributed by atoms with Crippen LogP contribution in [-0.2, 0) is 0 Å². The predicted molar refractivity (Wildman–Crippen MR) is 68.6 cm³/mol. The summed E-state index contributed by atoms with van der Waals surface area (Å²) in [5.41, 5.74) is -1.50. The Kier molecular flexibility index (Phi) is 3.46. The monoisotopic (exact) mass is 282 g/mol. The first-order valence-electron chi connectivity index (χ1n) is 6.02. The Hall–Kier alpha value is -2.04. The molecule has 1 aliphatic rings. The summed E-state index contributed by atoms with van der Waals surface area (Å²) in [4.78, 5) is 10.8. The largest absolute Gasteiger partial charge is 0.478 e. The Morgan fingerprint density at radius 2 is 1.80 bits per heavy atom. The Bertz CT molecular complexity index is 570. The second-order valence-electron chi connectivity index (χ2n) is 4.93. The smallest absolute Gasteiger partial charge is 0.398 e. The fraction of sp³-hybridized carbons (Fsp3) is 0.267. The average Bonchev–Trinajstić information content (AvgIpc) is 2.38. The first kappa shape index (κ1) is 14.4. The summed E-state index contributed by atoms with van der Waals surface area (Å²) in [6.45, 7) is 1.14. The second kappa shape index (κ2) is 4.81. The number of hydrogen-bond donors (Lipinski definition) is 1. The number of carbonyl (C=O) groups is 1. The molecule has 0 saturated heterocycles. The van der Waals surface area contributed by atoms with Gasteiger partial charge in [0.25, 0.3) is 0 Å². The van der Waals surface area contributed by atoms with Gasteiger partial charge in [0.2, 0.25) is 0 Å². The standard InChI is InChI=1S/C15H13F3O2/c1-14(15(16,17)18)9-3-2-4-12(14)10-5-7-11(8-6-10)13(19)20/h2-9,12H,1H3,(H,19,20). The summed E-state index contributed by atoms with van der Waals surface area (Å²) in [5, 5.41) is 8.81. The summed E-state index contributed by atoms with van der Waals surface area (Å²) in [5.74, 6) is -1.97. The van der Waals surface area contributed by atoms with Gasteiger partial charge in [-0.3, -0.25) is 0 Å². The number of carboxylic acids is 1. The third kappa shape index (κ3) is 2.35. The molecule has 106 valence electrons. The van der Waals surface area contributed by atoms with E-state index in [9.17, 15) is 18.0 Å². The van der Waals surface area contributed by atoms with Crippen molar-refractivity contribution in [2.75, 3.05) is 0 Å². The van der Waals surface area contributed by atoms with Gasteiger partial charge in [-0.1, -0.05) is 36.4 Å². The van der Waals surface area contributed by atoms with Gasteiger partial charge in [0.05, 0.1) is 11.0 Å². The Balaban J connectivity index is 2.42. The molecular weight excluding hydrogens is 269 g/mol. The topological polar surface area (TPSA) is 37.3 Å². The van der Waals surface area contributed by atoms with Gasteiger partial charge in [-0.25, -0.2) is 4.79 Å². The van der Waals surface area contributed by atoms with Crippen molar-refractivity contribution in [1.82, 2.24) is 0 Å². The number of rotatable bonds is 2. The number of alkyl halides is 3. The molecule has 2 atom stereocenters. The van der Waals surface area contributed by atoms with Crippen molar-refractivity contribution in [3.63, 3.8) is 0 Å². The van der Waals surface area contributed by atoms with E-state index < -0.39 is 23.5 Å². The van der Waals surface area contributed by atoms with Crippen LogP contribution in [0.1, 0.15) is 28.8 Å². The van der Waals surface area contributed by atoms with E-state index in [-0.39, 0.29) is 5.56 Å². The van der Waals surface area contributed by atoms with Gasteiger partial charge in [0.1, 0.15) is 0 Å². The zero-order chi connectivity index (χ0) is 15.0. The van der Waals surface area contributed by atoms with Crippen LogP contribution >= 0.6 is 0 Å². The van der Waals surface area contributed by atoms with Gasteiger partial charge in [0.15, 0.2) is 0 Å². The molecule has 2 rings (SSSR count). The number of allylic oxidation sites excluding steroid dienone is 4. The minimum atomic E-state index is -4.38. The van der Waals surface area contributed by atoms with Crippen LogP contribution in [0.15, 0.2) is 48.6 Å². The molecule has 1 aromatic rings. The first-order chi connectivity index (χ1) is 9.25. The molecule has 0 saturated carbocycles. The molecule has 5 heteroatoms. The van der Waals surface area contributed by atoms with E-state index in [1.807, 2.05) is 0 Å². The maximum Gasteiger partial charge on any atom is 0.398 e. The van der Waals surface area contributed by atoms with Crippen molar-refractivity contribution in [3.05, 3.63) is 59.7 Å². The summed E-state index contributed by atoms with van der Waals surface area (Å²) < 4.78 is 39.9. The van der Waals surface area contributed by atoms with Crippen molar-refractivity contribution in [2.24, 2.45) is 5.41 Å². The van der Waals surface area contributed by atoms with Crippen LogP contribution in [0.25, 0.3) is 0 Å². The number of benzene rings is 1. The van der Waals surface area contributed by atoms with E-state index in [0.29, 0.717) is 5.56 Å². The highest BCUT2D eigenvalue weighted by atomic mass is 19.4. The lowest BCUT2D eigenvalue weighted by Gasteiger charge is -2.37. The van der Waals surface area contributed by atoms with E-state index >= 15 is 0 Å². The van der Waals surface area contributed by atoms with E-state index in [1.165, 1.54) is 36.4 Å². The Morgan fingerprint density at radius 3 is 2.30 bits per heavy atom. The van der Waals surface area contributed by atoms with Crippen molar-refractivity contribution in [2.45, 2.75) is 19.0 Å². The molecule has 1 N–H and O–H groups in total. The lowest BCUT2D eigenvalue weighted by atomic mass is 9.70. The van der Waals surface area contributed by atoms with Gasteiger partial charge in [-0.05, 0) is 24.6 Å². The molecule has 1 aliphatic carbocycles. The van der Waals surface area contributed by atoms with Gasteiger partial charge >= 0.3 is 12.1 Å². The van der Waals surface area contributed by atoms with Gasteiger partial charge in [-0.2, -0.15) is 13.2 Å². The fourth-order valence-electron chi connectivity index (χ4n) is 2.30. The molecule has 0 bridgehead atoms. The third-order valence-corrected chi connectivity index (χ3v) is 3.63. The Labute approximate surface area is 114 Å². The minimum absolute atomic E-state index is 0.0535. The molecule has 0 aromatic heterocycles. The molecule has 1 aromatic carbocycles. The van der Waals surface area contributed by atoms with Gasteiger partial charge < -0.3 is 5.11 Å². The maximum absolute atomic E-state index is 13.3. The van der Waals surface area contributed by atoms with E-state index in [4.69, 9.17) is 5.11 Å². The normalized spacial score (nSPS) is 25.7. The van der Waals surface area contributed by atoms with Crippen molar-refractivity contribution in [3.8, 4) is 0 Å².